The molecular formula is C25H29N5O3. The number of methoxy groups -OCH3 is 1. The Labute approximate surface area is 194 Å². The maximum absolute atomic E-state index is 12.6. The maximum atomic E-state index is 12.6. The van der Waals surface area contributed by atoms with Gasteiger partial charge in [-0.2, -0.15) is 4.98 Å². The molecule has 0 spiro atoms. The van der Waals surface area contributed by atoms with Crippen LogP contribution >= 0.6 is 0 Å². The highest BCUT2D eigenvalue weighted by Crippen LogP contribution is 2.26. The van der Waals surface area contributed by atoms with Crippen molar-refractivity contribution >= 4 is 23.4 Å². The van der Waals surface area contributed by atoms with E-state index in [1.807, 2.05) is 48.2 Å². The SMILES string of the molecule is COc1ccccc1OCC(=O)N1CCN(c2nc(C)cc(Nc3ccc(C)cc3)n2)CC1. The molecule has 2 aromatic carbocycles. The number of hydrogen-bond acceptors (Lipinski definition) is 7. The molecule has 1 aromatic heterocycles. The van der Waals surface area contributed by atoms with Gasteiger partial charge in [-0.1, -0.05) is 29.8 Å². The summed E-state index contributed by atoms with van der Waals surface area (Å²) < 4.78 is 11.0. The Hall–Kier alpha value is -3.81. The number of carbonyl (C=O) groups is 1. The fourth-order valence-corrected chi connectivity index (χ4v) is 3.67. The normalized spacial score (nSPS) is 13.5. The van der Waals surface area contributed by atoms with E-state index in [1.54, 1.807) is 13.2 Å². The summed E-state index contributed by atoms with van der Waals surface area (Å²) in [7, 11) is 1.58. The van der Waals surface area contributed by atoms with E-state index in [-0.39, 0.29) is 12.5 Å². The van der Waals surface area contributed by atoms with Crippen LogP contribution < -0.4 is 19.7 Å². The number of carbonyl (C=O) groups excluding carboxylic acids is 1. The highest BCUT2D eigenvalue weighted by Gasteiger charge is 2.23. The fourth-order valence-electron chi connectivity index (χ4n) is 3.67. The molecule has 0 aliphatic carbocycles. The van der Waals surface area contributed by atoms with Gasteiger partial charge in [0.05, 0.1) is 7.11 Å². The summed E-state index contributed by atoms with van der Waals surface area (Å²) in [6.07, 6.45) is 0. The van der Waals surface area contributed by atoms with Gasteiger partial charge in [-0.25, -0.2) is 4.98 Å². The molecular weight excluding hydrogens is 418 g/mol. The second-order valence-electron chi connectivity index (χ2n) is 7.99. The van der Waals surface area contributed by atoms with Crippen molar-refractivity contribution in [3.8, 4) is 11.5 Å². The number of amides is 1. The fraction of sp³-hybridized carbons (Fsp3) is 0.320. The number of aromatic nitrogens is 2. The Morgan fingerprint density at radius 1 is 0.970 bits per heavy atom. The number of rotatable bonds is 7. The summed E-state index contributed by atoms with van der Waals surface area (Å²) in [5.74, 6) is 2.55. The first-order valence-corrected chi connectivity index (χ1v) is 11.0. The Morgan fingerprint density at radius 2 is 1.67 bits per heavy atom. The van der Waals surface area contributed by atoms with Crippen LogP contribution in [0.4, 0.5) is 17.5 Å². The molecule has 1 N–H and O–H groups in total. The zero-order valence-electron chi connectivity index (χ0n) is 19.2. The van der Waals surface area contributed by atoms with E-state index in [2.05, 4.69) is 34.3 Å². The number of ether oxygens (including phenoxy) is 2. The molecule has 1 amide bonds. The average Bonchev–Trinajstić information content (AvgIpc) is 2.84. The quantitative estimate of drug-likeness (QED) is 0.593. The highest BCUT2D eigenvalue weighted by molar-refractivity contribution is 5.78. The zero-order valence-corrected chi connectivity index (χ0v) is 19.2. The van der Waals surface area contributed by atoms with Crippen LogP contribution in [0.1, 0.15) is 11.3 Å². The summed E-state index contributed by atoms with van der Waals surface area (Å²) in [4.78, 5) is 25.9. The minimum absolute atomic E-state index is 0.0219. The molecule has 0 unspecified atom stereocenters. The second-order valence-corrected chi connectivity index (χ2v) is 7.99. The number of aryl methyl sites for hydroxylation is 2. The van der Waals surface area contributed by atoms with Crippen molar-refractivity contribution in [3.63, 3.8) is 0 Å². The molecule has 8 nitrogen and oxygen atoms in total. The number of anilines is 3. The molecule has 2 heterocycles. The van der Waals surface area contributed by atoms with E-state index in [4.69, 9.17) is 14.5 Å². The van der Waals surface area contributed by atoms with E-state index >= 15 is 0 Å². The first kappa shape index (κ1) is 22.4. The van der Waals surface area contributed by atoms with Crippen LogP contribution in [0, 0.1) is 13.8 Å². The van der Waals surface area contributed by atoms with E-state index in [1.165, 1.54) is 5.56 Å². The summed E-state index contributed by atoms with van der Waals surface area (Å²) >= 11 is 0. The van der Waals surface area contributed by atoms with Gasteiger partial charge in [-0.05, 0) is 38.1 Å². The Morgan fingerprint density at radius 3 is 2.36 bits per heavy atom. The number of hydrogen-bond donors (Lipinski definition) is 1. The summed E-state index contributed by atoms with van der Waals surface area (Å²) in [6, 6.07) is 17.4. The van der Waals surface area contributed by atoms with Crippen LogP contribution in [-0.2, 0) is 4.79 Å². The molecule has 0 atom stereocenters. The van der Waals surface area contributed by atoms with Gasteiger partial charge in [0.25, 0.3) is 5.91 Å². The summed E-state index contributed by atoms with van der Waals surface area (Å²) in [5.41, 5.74) is 3.08. The molecule has 172 valence electrons. The summed E-state index contributed by atoms with van der Waals surface area (Å²) in [6.45, 7) is 6.50. The predicted molar refractivity (Wildman–Crippen MR) is 129 cm³/mol. The van der Waals surface area contributed by atoms with Gasteiger partial charge in [0, 0.05) is 43.6 Å². The van der Waals surface area contributed by atoms with Crippen LogP contribution in [0.15, 0.2) is 54.6 Å². The molecule has 8 heteroatoms. The average molecular weight is 448 g/mol. The van der Waals surface area contributed by atoms with E-state index in [0.717, 1.165) is 17.2 Å². The van der Waals surface area contributed by atoms with Crippen molar-refractivity contribution in [2.45, 2.75) is 13.8 Å². The second kappa shape index (κ2) is 10.2. The number of benzene rings is 2. The predicted octanol–water partition coefficient (Wildman–Crippen LogP) is 3.57. The van der Waals surface area contributed by atoms with Crippen molar-refractivity contribution in [3.05, 3.63) is 65.9 Å². The lowest BCUT2D eigenvalue weighted by atomic mass is 10.2. The van der Waals surface area contributed by atoms with Crippen LogP contribution in [0.2, 0.25) is 0 Å². The zero-order chi connectivity index (χ0) is 23.2. The van der Waals surface area contributed by atoms with E-state index < -0.39 is 0 Å². The van der Waals surface area contributed by atoms with E-state index in [0.29, 0.717) is 43.6 Å². The van der Waals surface area contributed by atoms with Gasteiger partial charge in [0.2, 0.25) is 5.95 Å². The molecule has 0 bridgehead atoms. The largest absolute Gasteiger partial charge is 0.493 e. The third kappa shape index (κ3) is 5.71. The van der Waals surface area contributed by atoms with Crippen LogP contribution in [-0.4, -0.2) is 60.7 Å². The van der Waals surface area contributed by atoms with Gasteiger partial charge in [0.1, 0.15) is 5.82 Å². The van der Waals surface area contributed by atoms with Crippen LogP contribution in [0.25, 0.3) is 0 Å². The summed E-state index contributed by atoms with van der Waals surface area (Å²) in [5, 5.41) is 3.35. The van der Waals surface area contributed by atoms with Crippen molar-refractivity contribution < 1.29 is 14.3 Å². The number of nitrogens with zero attached hydrogens (tertiary/aromatic N) is 4. The molecule has 33 heavy (non-hydrogen) atoms. The molecule has 1 saturated heterocycles. The number of piperazine rings is 1. The molecule has 1 fully saturated rings. The Balaban J connectivity index is 1.34. The van der Waals surface area contributed by atoms with Crippen LogP contribution in [0.3, 0.4) is 0 Å². The number of para-hydroxylation sites is 2. The minimum atomic E-state index is -0.0487. The lowest BCUT2D eigenvalue weighted by Crippen LogP contribution is -2.50. The van der Waals surface area contributed by atoms with Gasteiger partial charge in [-0.3, -0.25) is 4.79 Å². The van der Waals surface area contributed by atoms with Gasteiger partial charge < -0.3 is 24.6 Å². The third-order valence-corrected chi connectivity index (χ3v) is 5.50. The maximum Gasteiger partial charge on any atom is 0.260 e. The molecule has 1 aliphatic rings. The molecule has 0 radical (unpaired) electrons. The number of nitrogens with one attached hydrogen (secondary N) is 1. The third-order valence-electron chi connectivity index (χ3n) is 5.50. The topological polar surface area (TPSA) is 79.8 Å². The van der Waals surface area contributed by atoms with Gasteiger partial charge >= 0.3 is 0 Å². The first-order valence-electron chi connectivity index (χ1n) is 11.0. The first-order chi connectivity index (χ1) is 16.0. The molecule has 3 aromatic rings. The van der Waals surface area contributed by atoms with Gasteiger partial charge in [0.15, 0.2) is 18.1 Å². The molecule has 1 aliphatic heterocycles. The van der Waals surface area contributed by atoms with E-state index in [9.17, 15) is 4.79 Å². The van der Waals surface area contributed by atoms with Crippen molar-refractivity contribution in [2.75, 3.05) is 50.1 Å². The van der Waals surface area contributed by atoms with Gasteiger partial charge in [-0.15, -0.1) is 0 Å². The Bertz CT molecular complexity index is 1100. The molecule has 0 saturated carbocycles. The monoisotopic (exact) mass is 447 g/mol. The standard InChI is InChI=1S/C25H29N5O3/c1-18-8-10-20(11-9-18)27-23-16-19(2)26-25(28-23)30-14-12-29(13-15-30)24(31)17-33-22-7-5-4-6-21(22)32-3/h4-11,16H,12-15,17H2,1-3H3,(H,26,27,28). The smallest absolute Gasteiger partial charge is 0.260 e. The minimum Gasteiger partial charge on any atom is -0.493 e. The lowest BCUT2D eigenvalue weighted by molar-refractivity contribution is -0.133. The van der Waals surface area contributed by atoms with Crippen molar-refractivity contribution in [1.29, 1.82) is 0 Å². The lowest BCUT2D eigenvalue weighted by Gasteiger charge is -2.34. The van der Waals surface area contributed by atoms with Crippen molar-refractivity contribution in [1.82, 2.24) is 14.9 Å². The van der Waals surface area contributed by atoms with Crippen LogP contribution in [0.5, 0.6) is 11.5 Å². The molecule has 4 rings (SSSR count). The Kier molecular flexibility index (Phi) is 6.92. The van der Waals surface area contributed by atoms with Crippen molar-refractivity contribution in [2.24, 2.45) is 0 Å². The highest BCUT2D eigenvalue weighted by atomic mass is 16.5.